The monoisotopic (exact) mass is 253 g/mol. The lowest BCUT2D eigenvalue weighted by atomic mass is 10.2. The first-order chi connectivity index (χ1) is 8.09. The van der Waals surface area contributed by atoms with E-state index in [9.17, 15) is 0 Å². The molecule has 0 aromatic heterocycles. The van der Waals surface area contributed by atoms with Crippen LogP contribution in [0.1, 0.15) is 25.8 Å². The van der Waals surface area contributed by atoms with Gasteiger partial charge in [-0.1, -0.05) is 12.2 Å². The van der Waals surface area contributed by atoms with Crippen molar-refractivity contribution in [3.8, 4) is 5.75 Å². The minimum Gasteiger partial charge on any atom is -0.494 e. The predicted molar refractivity (Wildman–Crippen MR) is 73.5 cm³/mol. The standard InChI is InChI=1S/C13H19NO2S/c1-10(2)15-8-3-9-16-12-6-4-11(5-7-12)13(14)17/h4-7,10H,3,8-9H2,1-2H3,(H2,14,17). The molecule has 0 unspecified atom stereocenters. The van der Waals surface area contributed by atoms with Gasteiger partial charge in [0.15, 0.2) is 0 Å². The molecule has 0 heterocycles. The molecular weight excluding hydrogens is 234 g/mol. The number of rotatable bonds is 7. The van der Waals surface area contributed by atoms with Gasteiger partial charge in [0.2, 0.25) is 0 Å². The number of hydrogen-bond donors (Lipinski definition) is 1. The molecule has 0 saturated heterocycles. The molecule has 0 aliphatic heterocycles. The largest absolute Gasteiger partial charge is 0.494 e. The van der Waals surface area contributed by atoms with Gasteiger partial charge < -0.3 is 15.2 Å². The molecule has 4 heteroatoms. The Balaban J connectivity index is 2.25. The molecule has 0 amide bonds. The number of benzene rings is 1. The van der Waals surface area contributed by atoms with Crippen LogP contribution in [0.15, 0.2) is 24.3 Å². The molecule has 0 atom stereocenters. The van der Waals surface area contributed by atoms with Gasteiger partial charge >= 0.3 is 0 Å². The quantitative estimate of drug-likeness (QED) is 0.599. The van der Waals surface area contributed by atoms with Gasteiger partial charge in [0.25, 0.3) is 0 Å². The Morgan fingerprint density at radius 3 is 2.41 bits per heavy atom. The highest BCUT2D eigenvalue weighted by Crippen LogP contribution is 2.12. The highest BCUT2D eigenvalue weighted by atomic mass is 32.1. The molecule has 0 aliphatic carbocycles. The van der Waals surface area contributed by atoms with Crippen LogP contribution in [-0.2, 0) is 4.74 Å². The maximum Gasteiger partial charge on any atom is 0.119 e. The van der Waals surface area contributed by atoms with Gasteiger partial charge in [-0.15, -0.1) is 0 Å². The summed E-state index contributed by atoms with van der Waals surface area (Å²) in [6.07, 6.45) is 1.16. The summed E-state index contributed by atoms with van der Waals surface area (Å²) in [5, 5.41) is 0. The summed E-state index contributed by atoms with van der Waals surface area (Å²) in [4.78, 5) is 0.405. The molecule has 0 aliphatic rings. The normalized spacial score (nSPS) is 10.5. The smallest absolute Gasteiger partial charge is 0.119 e. The Bertz CT molecular complexity index is 349. The summed E-state index contributed by atoms with van der Waals surface area (Å²) in [5.41, 5.74) is 6.36. The van der Waals surface area contributed by atoms with Crippen LogP contribution in [0.5, 0.6) is 5.75 Å². The molecule has 0 saturated carbocycles. The second-order valence-corrected chi connectivity index (χ2v) is 4.45. The first-order valence-corrected chi connectivity index (χ1v) is 6.14. The molecule has 1 aromatic rings. The number of hydrogen-bond acceptors (Lipinski definition) is 3. The molecule has 0 spiro atoms. The maximum atomic E-state index is 5.56. The van der Waals surface area contributed by atoms with Crippen molar-refractivity contribution in [3.05, 3.63) is 29.8 Å². The zero-order valence-electron chi connectivity index (χ0n) is 10.3. The van der Waals surface area contributed by atoms with Crippen LogP contribution < -0.4 is 10.5 Å². The van der Waals surface area contributed by atoms with E-state index < -0.39 is 0 Å². The van der Waals surface area contributed by atoms with Gasteiger partial charge in [-0.05, 0) is 38.1 Å². The van der Waals surface area contributed by atoms with E-state index >= 15 is 0 Å². The van der Waals surface area contributed by atoms with Gasteiger partial charge in [-0.3, -0.25) is 0 Å². The van der Waals surface area contributed by atoms with Crippen LogP contribution >= 0.6 is 12.2 Å². The van der Waals surface area contributed by atoms with Crippen molar-refractivity contribution < 1.29 is 9.47 Å². The number of thiocarbonyl (C=S) groups is 1. The zero-order chi connectivity index (χ0) is 12.7. The van der Waals surface area contributed by atoms with Gasteiger partial charge in [0.1, 0.15) is 10.7 Å². The van der Waals surface area contributed by atoms with E-state index in [1.807, 2.05) is 38.1 Å². The third-order valence-electron chi connectivity index (χ3n) is 2.15. The predicted octanol–water partition coefficient (Wildman–Crippen LogP) is 2.51. The van der Waals surface area contributed by atoms with Crippen molar-refractivity contribution in [2.24, 2.45) is 5.73 Å². The van der Waals surface area contributed by atoms with Crippen LogP contribution in [0.2, 0.25) is 0 Å². The van der Waals surface area contributed by atoms with Crippen molar-refractivity contribution in [1.29, 1.82) is 0 Å². The number of ether oxygens (including phenoxy) is 2. The van der Waals surface area contributed by atoms with Crippen LogP contribution in [0.3, 0.4) is 0 Å². The van der Waals surface area contributed by atoms with Crippen LogP contribution in [-0.4, -0.2) is 24.3 Å². The Kier molecular flexibility index (Phi) is 5.94. The van der Waals surface area contributed by atoms with Crippen molar-refractivity contribution >= 4 is 17.2 Å². The van der Waals surface area contributed by atoms with Crippen molar-refractivity contribution in [3.63, 3.8) is 0 Å². The second kappa shape index (κ2) is 7.25. The summed E-state index contributed by atoms with van der Waals surface area (Å²) in [5.74, 6) is 0.828. The molecular formula is C13H19NO2S. The Hall–Kier alpha value is -1.13. The second-order valence-electron chi connectivity index (χ2n) is 4.01. The molecule has 1 rings (SSSR count). The summed E-state index contributed by atoms with van der Waals surface area (Å²) in [6.45, 7) is 5.42. The minimum absolute atomic E-state index is 0.278. The fourth-order valence-corrected chi connectivity index (χ4v) is 1.42. The first kappa shape index (κ1) is 13.9. The highest BCUT2D eigenvalue weighted by molar-refractivity contribution is 7.80. The van der Waals surface area contributed by atoms with Gasteiger partial charge in [-0.25, -0.2) is 0 Å². The molecule has 2 N–H and O–H groups in total. The lowest BCUT2D eigenvalue weighted by molar-refractivity contribution is 0.0694. The summed E-state index contributed by atoms with van der Waals surface area (Å²) in [7, 11) is 0. The Morgan fingerprint density at radius 2 is 1.88 bits per heavy atom. The van der Waals surface area contributed by atoms with Crippen LogP contribution in [0.4, 0.5) is 0 Å². The summed E-state index contributed by atoms with van der Waals surface area (Å²) >= 11 is 4.87. The lowest BCUT2D eigenvalue weighted by Gasteiger charge is -2.09. The van der Waals surface area contributed by atoms with E-state index in [2.05, 4.69) is 0 Å². The van der Waals surface area contributed by atoms with E-state index in [1.54, 1.807) is 0 Å². The third kappa shape index (κ3) is 5.65. The fraction of sp³-hybridized carbons (Fsp3) is 0.462. The van der Waals surface area contributed by atoms with Crippen molar-refractivity contribution in [2.75, 3.05) is 13.2 Å². The third-order valence-corrected chi connectivity index (χ3v) is 2.38. The van der Waals surface area contributed by atoms with Crippen molar-refractivity contribution in [1.82, 2.24) is 0 Å². The minimum atomic E-state index is 0.278. The maximum absolute atomic E-state index is 5.56. The van der Waals surface area contributed by atoms with Crippen LogP contribution in [0.25, 0.3) is 0 Å². The SMILES string of the molecule is CC(C)OCCCOc1ccc(C(N)=S)cc1. The van der Waals surface area contributed by atoms with E-state index in [0.717, 1.165) is 24.3 Å². The molecule has 0 fully saturated rings. The fourth-order valence-electron chi connectivity index (χ4n) is 1.28. The average molecular weight is 253 g/mol. The van der Waals surface area contributed by atoms with Crippen molar-refractivity contribution in [2.45, 2.75) is 26.4 Å². The molecule has 0 bridgehead atoms. The average Bonchev–Trinajstić information content (AvgIpc) is 2.29. The van der Waals surface area contributed by atoms with E-state index in [1.165, 1.54) is 0 Å². The Labute approximate surface area is 108 Å². The molecule has 17 heavy (non-hydrogen) atoms. The van der Waals surface area contributed by atoms with Crippen LogP contribution in [0, 0.1) is 0 Å². The van der Waals surface area contributed by atoms with Gasteiger partial charge in [-0.2, -0.15) is 0 Å². The Morgan fingerprint density at radius 1 is 1.24 bits per heavy atom. The summed E-state index contributed by atoms with van der Waals surface area (Å²) in [6, 6.07) is 7.47. The highest BCUT2D eigenvalue weighted by Gasteiger charge is 1.98. The van der Waals surface area contributed by atoms with E-state index in [4.69, 9.17) is 27.4 Å². The topological polar surface area (TPSA) is 44.5 Å². The summed E-state index contributed by atoms with van der Waals surface area (Å²) < 4.78 is 11.0. The first-order valence-electron chi connectivity index (χ1n) is 5.74. The molecule has 94 valence electrons. The zero-order valence-corrected chi connectivity index (χ0v) is 11.1. The van der Waals surface area contributed by atoms with Gasteiger partial charge in [0, 0.05) is 12.0 Å². The van der Waals surface area contributed by atoms with E-state index in [-0.39, 0.29) is 6.10 Å². The molecule has 0 radical (unpaired) electrons. The van der Waals surface area contributed by atoms with E-state index in [0.29, 0.717) is 11.6 Å². The van der Waals surface area contributed by atoms with Gasteiger partial charge in [0.05, 0.1) is 19.3 Å². The number of nitrogens with two attached hydrogens (primary N) is 1. The molecule has 3 nitrogen and oxygen atoms in total. The molecule has 1 aromatic carbocycles. The lowest BCUT2D eigenvalue weighted by Crippen LogP contribution is -2.09.